The van der Waals surface area contributed by atoms with Gasteiger partial charge in [-0.2, -0.15) is 13.2 Å². The highest BCUT2D eigenvalue weighted by molar-refractivity contribution is 6.02. The topological polar surface area (TPSA) is 71.3 Å². The second-order valence-corrected chi connectivity index (χ2v) is 6.86. The molecule has 1 atom stereocenters. The molecule has 0 saturated heterocycles. The van der Waals surface area contributed by atoms with Gasteiger partial charge in [-0.1, -0.05) is 12.1 Å². The Kier molecular flexibility index (Phi) is 5.93. The molecule has 1 heterocycles. The minimum absolute atomic E-state index is 0.0809. The molecule has 0 aliphatic heterocycles. The lowest BCUT2D eigenvalue weighted by Crippen LogP contribution is -2.25. The highest BCUT2D eigenvalue weighted by atomic mass is 19.4. The average Bonchev–Trinajstić information content (AvgIpc) is 2.67. The summed E-state index contributed by atoms with van der Waals surface area (Å²) in [5.41, 5.74) is -1.31. The number of carbonyl (C=O) groups is 1. The maximum absolute atomic E-state index is 13.7. The second-order valence-electron chi connectivity index (χ2n) is 6.86. The van der Waals surface area contributed by atoms with Gasteiger partial charge in [-0.15, -0.1) is 0 Å². The zero-order chi connectivity index (χ0) is 22.1. The zero-order valence-electron chi connectivity index (χ0n) is 15.8. The first-order valence-electron chi connectivity index (χ1n) is 9.02. The fourth-order valence-electron chi connectivity index (χ4n) is 3.12. The van der Waals surface area contributed by atoms with Gasteiger partial charge in [0.2, 0.25) is 5.91 Å². The number of aliphatic hydroxyl groups excluding tert-OH is 1. The predicted octanol–water partition coefficient (Wildman–Crippen LogP) is 3.89. The SMILES string of the molecule is C[C@H](CO)n1ccc2c(NC(=O)Cc3ccc(C(F)(F)F)c(F)c3)cccc2c1=O. The second kappa shape index (κ2) is 8.27. The van der Waals surface area contributed by atoms with Crippen LogP contribution in [0.3, 0.4) is 0 Å². The lowest BCUT2D eigenvalue weighted by Gasteiger charge is -2.15. The van der Waals surface area contributed by atoms with Crippen LogP contribution in [0.4, 0.5) is 23.2 Å². The number of aromatic nitrogens is 1. The molecule has 0 aliphatic carbocycles. The molecule has 9 heteroatoms. The Bertz CT molecular complexity index is 1160. The van der Waals surface area contributed by atoms with E-state index in [0.29, 0.717) is 28.6 Å². The van der Waals surface area contributed by atoms with Crippen LogP contribution in [-0.4, -0.2) is 22.2 Å². The number of aliphatic hydroxyl groups is 1. The van der Waals surface area contributed by atoms with Crippen LogP contribution in [0.1, 0.15) is 24.1 Å². The third kappa shape index (κ3) is 4.35. The fraction of sp³-hybridized carbons (Fsp3) is 0.238. The predicted molar refractivity (Wildman–Crippen MR) is 104 cm³/mol. The number of benzene rings is 2. The summed E-state index contributed by atoms with van der Waals surface area (Å²) in [6, 6.07) is 8.26. The maximum atomic E-state index is 13.7. The van der Waals surface area contributed by atoms with Gasteiger partial charge in [0.1, 0.15) is 5.82 Å². The van der Waals surface area contributed by atoms with Crippen LogP contribution in [-0.2, 0) is 17.4 Å². The smallest absolute Gasteiger partial charge is 0.394 e. The van der Waals surface area contributed by atoms with E-state index in [2.05, 4.69) is 5.32 Å². The molecule has 0 saturated carbocycles. The molecule has 30 heavy (non-hydrogen) atoms. The van der Waals surface area contributed by atoms with Gasteiger partial charge in [0.05, 0.1) is 24.6 Å². The van der Waals surface area contributed by atoms with E-state index in [-0.39, 0.29) is 24.2 Å². The molecule has 0 radical (unpaired) electrons. The Balaban J connectivity index is 1.84. The van der Waals surface area contributed by atoms with Crippen molar-refractivity contribution in [2.75, 3.05) is 11.9 Å². The number of rotatable bonds is 5. The Morgan fingerprint density at radius 2 is 1.90 bits per heavy atom. The highest BCUT2D eigenvalue weighted by Gasteiger charge is 2.33. The summed E-state index contributed by atoms with van der Waals surface area (Å²) < 4.78 is 53.0. The van der Waals surface area contributed by atoms with E-state index in [1.165, 1.54) is 10.8 Å². The number of fused-ring (bicyclic) bond motifs is 1. The number of hydrogen-bond acceptors (Lipinski definition) is 3. The van der Waals surface area contributed by atoms with Crippen LogP contribution in [0.5, 0.6) is 0 Å². The van der Waals surface area contributed by atoms with Crippen molar-refractivity contribution >= 4 is 22.4 Å². The summed E-state index contributed by atoms with van der Waals surface area (Å²) >= 11 is 0. The van der Waals surface area contributed by atoms with E-state index in [1.807, 2.05) is 0 Å². The lowest BCUT2D eigenvalue weighted by atomic mass is 10.1. The van der Waals surface area contributed by atoms with E-state index in [0.717, 1.165) is 6.07 Å². The van der Waals surface area contributed by atoms with Crippen molar-refractivity contribution in [3.05, 3.63) is 76.0 Å². The Morgan fingerprint density at radius 3 is 2.53 bits per heavy atom. The molecule has 158 valence electrons. The van der Waals surface area contributed by atoms with Crippen LogP contribution in [0.25, 0.3) is 10.8 Å². The van der Waals surface area contributed by atoms with Gasteiger partial charge in [-0.3, -0.25) is 9.59 Å². The summed E-state index contributed by atoms with van der Waals surface area (Å²) in [4.78, 5) is 25.0. The van der Waals surface area contributed by atoms with Crippen LogP contribution in [0, 0.1) is 5.82 Å². The van der Waals surface area contributed by atoms with Crippen molar-refractivity contribution in [3.8, 4) is 0 Å². The summed E-state index contributed by atoms with van der Waals surface area (Å²) in [5, 5.41) is 12.7. The van der Waals surface area contributed by atoms with Gasteiger partial charge in [0.25, 0.3) is 5.56 Å². The number of pyridine rings is 1. The number of nitrogens with zero attached hydrogens (tertiary/aromatic N) is 1. The third-order valence-corrected chi connectivity index (χ3v) is 4.69. The van der Waals surface area contributed by atoms with Crippen LogP contribution in [0.15, 0.2) is 53.5 Å². The Hall–Kier alpha value is -3.20. The minimum atomic E-state index is -4.81. The van der Waals surface area contributed by atoms with E-state index in [1.54, 1.807) is 31.2 Å². The molecule has 3 rings (SSSR count). The van der Waals surface area contributed by atoms with Crippen molar-refractivity contribution in [1.29, 1.82) is 0 Å². The maximum Gasteiger partial charge on any atom is 0.419 e. The van der Waals surface area contributed by atoms with Gasteiger partial charge in [-0.05, 0) is 42.8 Å². The monoisotopic (exact) mass is 422 g/mol. The molecule has 0 spiro atoms. The molecule has 5 nitrogen and oxygen atoms in total. The minimum Gasteiger partial charge on any atom is -0.394 e. The van der Waals surface area contributed by atoms with Gasteiger partial charge < -0.3 is 15.0 Å². The molecule has 3 aromatic rings. The Labute approximate surface area is 168 Å². The standard InChI is InChI=1S/C21H18F4N2O3/c1-12(11-28)27-8-7-14-15(20(27)30)3-2-4-18(14)26-19(29)10-13-5-6-16(17(22)9-13)21(23,24)25/h2-9,12,28H,10-11H2,1H3,(H,26,29)/t12-/m1/s1. The van der Waals surface area contributed by atoms with E-state index in [4.69, 9.17) is 0 Å². The number of amides is 1. The van der Waals surface area contributed by atoms with Gasteiger partial charge >= 0.3 is 6.18 Å². The van der Waals surface area contributed by atoms with Gasteiger partial charge in [0.15, 0.2) is 0 Å². The molecular formula is C21H18F4N2O3. The number of nitrogens with one attached hydrogen (secondary N) is 1. The van der Waals surface area contributed by atoms with Crippen molar-refractivity contribution in [3.63, 3.8) is 0 Å². The fourth-order valence-corrected chi connectivity index (χ4v) is 3.12. The quantitative estimate of drug-likeness (QED) is 0.613. The number of carbonyl (C=O) groups excluding carboxylic acids is 1. The highest BCUT2D eigenvalue weighted by Crippen LogP contribution is 2.31. The van der Waals surface area contributed by atoms with Gasteiger partial charge in [0, 0.05) is 22.7 Å². The molecule has 0 bridgehead atoms. The molecule has 0 fully saturated rings. The third-order valence-electron chi connectivity index (χ3n) is 4.69. The number of hydrogen-bond donors (Lipinski definition) is 2. The average molecular weight is 422 g/mol. The number of halogens is 4. The first kappa shape index (κ1) is 21.5. The van der Waals surface area contributed by atoms with Crippen LogP contribution < -0.4 is 10.9 Å². The van der Waals surface area contributed by atoms with Crippen LogP contribution in [0.2, 0.25) is 0 Å². The molecule has 0 unspecified atom stereocenters. The normalized spacial score (nSPS) is 12.7. The molecule has 1 aromatic heterocycles. The molecule has 2 aromatic carbocycles. The lowest BCUT2D eigenvalue weighted by molar-refractivity contribution is -0.140. The van der Waals surface area contributed by atoms with E-state index < -0.39 is 29.5 Å². The zero-order valence-corrected chi connectivity index (χ0v) is 15.8. The number of anilines is 1. The molecule has 0 aliphatic rings. The first-order valence-corrected chi connectivity index (χ1v) is 9.02. The Morgan fingerprint density at radius 1 is 1.17 bits per heavy atom. The largest absolute Gasteiger partial charge is 0.419 e. The summed E-state index contributed by atoms with van der Waals surface area (Å²) in [7, 11) is 0. The summed E-state index contributed by atoms with van der Waals surface area (Å²) in [6.07, 6.45) is -3.65. The molecular weight excluding hydrogens is 404 g/mol. The number of alkyl halides is 3. The van der Waals surface area contributed by atoms with E-state index >= 15 is 0 Å². The van der Waals surface area contributed by atoms with Crippen LogP contribution >= 0.6 is 0 Å². The van der Waals surface area contributed by atoms with Crippen molar-refractivity contribution in [1.82, 2.24) is 4.57 Å². The van der Waals surface area contributed by atoms with Crippen molar-refractivity contribution in [2.24, 2.45) is 0 Å². The summed E-state index contributed by atoms with van der Waals surface area (Å²) in [6.45, 7) is 1.47. The summed E-state index contributed by atoms with van der Waals surface area (Å²) in [5.74, 6) is -2.02. The van der Waals surface area contributed by atoms with Crippen molar-refractivity contribution in [2.45, 2.75) is 25.6 Å². The van der Waals surface area contributed by atoms with Gasteiger partial charge in [-0.25, -0.2) is 4.39 Å². The van der Waals surface area contributed by atoms with E-state index in [9.17, 15) is 32.3 Å². The molecule has 2 N–H and O–H groups in total. The first-order chi connectivity index (χ1) is 14.1. The molecule has 1 amide bonds. The van der Waals surface area contributed by atoms with Crippen molar-refractivity contribution < 1.29 is 27.5 Å².